The minimum atomic E-state index is -0.382. The van der Waals surface area contributed by atoms with E-state index in [-0.39, 0.29) is 22.7 Å². The fourth-order valence-electron chi connectivity index (χ4n) is 3.06. The van der Waals surface area contributed by atoms with Crippen LogP contribution in [0.2, 0.25) is 0 Å². The fraction of sp³-hybridized carbons (Fsp3) is 0.533. The minimum Gasteiger partial charge on any atom is -0.481 e. The van der Waals surface area contributed by atoms with Crippen molar-refractivity contribution in [1.82, 2.24) is 15.2 Å². The molecule has 0 aromatic carbocycles. The number of rotatable bonds is 4. The molecule has 1 N–H and O–H groups in total. The minimum absolute atomic E-state index is 0.0756. The van der Waals surface area contributed by atoms with Gasteiger partial charge in [0.2, 0.25) is 17.7 Å². The molecule has 3 rings (SSSR count). The quantitative estimate of drug-likeness (QED) is 0.901. The molecule has 3 heterocycles. The van der Waals surface area contributed by atoms with Gasteiger partial charge in [0.25, 0.3) is 0 Å². The van der Waals surface area contributed by atoms with Crippen LogP contribution in [0.1, 0.15) is 25.3 Å². The number of carbonyl (C=O) groups is 2. The van der Waals surface area contributed by atoms with Gasteiger partial charge in [-0.3, -0.25) is 9.59 Å². The van der Waals surface area contributed by atoms with Crippen molar-refractivity contribution in [2.75, 3.05) is 12.9 Å². The molecule has 0 saturated carbocycles. The number of aromatic nitrogens is 1. The Balaban J connectivity index is 1.67. The Labute approximate surface area is 133 Å². The van der Waals surface area contributed by atoms with E-state index in [1.54, 1.807) is 36.0 Å². The molecule has 7 heteroatoms. The third-order valence-corrected chi connectivity index (χ3v) is 5.75. The molecule has 0 spiro atoms. The maximum atomic E-state index is 12.5. The molecule has 6 nitrogen and oxygen atoms in total. The van der Waals surface area contributed by atoms with Gasteiger partial charge in [-0.2, -0.15) is 0 Å². The molecule has 118 valence electrons. The van der Waals surface area contributed by atoms with E-state index in [2.05, 4.69) is 10.3 Å². The van der Waals surface area contributed by atoms with Crippen LogP contribution in [0.3, 0.4) is 0 Å². The van der Waals surface area contributed by atoms with E-state index in [0.29, 0.717) is 24.6 Å². The molecule has 0 radical (unpaired) electrons. The molecular formula is C15H19N3O3S. The Morgan fingerprint density at radius 3 is 3.23 bits per heavy atom. The van der Waals surface area contributed by atoms with Crippen molar-refractivity contribution in [1.29, 1.82) is 0 Å². The number of nitrogens with zero attached hydrogens (tertiary/aromatic N) is 2. The zero-order valence-corrected chi connectivity index (χ0v) is 13.5. The van der Waals surface area contributed by atoms with Crippen molar-refractivity contribution in [3.8, 4) is 5.88 Å². The molecule has 2 fully saturated rings. The standard InChI is InChI=1S/C15H19N3O3S/c1-15-6-5-12(19)18(15)11(9-22-15)13(20)17-8-10-4-3-7-16-14(10)21-2/h3-4,7,11H,5-6,8-9H2,1-2H3,(H,17,20)/t11-,15+/m0/s1. The lowest BCUT2D eigenvalue weighted by Crippen LogP contribution is -2.49. The molecule has 1 aromatic rings. The van der Waals surface area contributed by atoms with Crippen molar-refractivity contribution in [3.05, 3.63) is 23.9 Å². The van der Waals surface area contributed by atoms with Crippen molar-refractivity contribution in [2.45, 2.75) is 37.2 Å². The van der Waals surface area contributed by atoms with Crippen LogP contribution in [0.4, 0.5) is 0 Å². The van der Waals surface area contributed by atoms with Crippen LogP contribution in [-0.2, 0) is 16.1 Å². The van der Waals surface area contributed by atoms with E-state index in [1.807, 2.05) is 13.0 Å². The third-order valence-electron chi connectivity index (χ3n) is 4.24. The van der Waals surface area contributed by atoms with E-state index in [9.17, 15) is 9.59 Å². The highest BCUT2D eigenvalue weighted by Crippen LogP contribution is 2.47. The zero-order valence-electron chi connectivity index (χ0n) is 12.7. The summed E-state index contributed by atoms with van der Waals surface area (Å²) in [4.78, 5) is 30.2. The number of hydrogen-bond donors (Lipinski definition) is 1. The van der Waals surface area contributed by atoms with Gasteiger partial charge in [-0.05, 0) is 19.4 Å². The van der Waals surface area contributed by atoms with Crippen LogP contribution >= 0.6 is 11.8 Å². The Hall–Kier alpha value is -1.76. The number of carbonyl (C=O) groups excluding carboxylic acids is 2. The van der Waals surface area contributed by atoms with Gasteiger partial charge < -0.3 is 15.0 Å². The largest absolute Gasteiger partial charge is 0.481 e. The molecule has 2 amide bonds. The molecule has 0 bridgehead atoms. The number of methoxy groups -OCH3 is 1. The smallest absolute Gasteiger partial charge is 0.243 e. The summed E-state index contributed by atoms with van der Waals surface area (Å²) in [7, 11) is 1.55. The van der Waals surface area contributed by atoms with Crippen LogP contribution in [0.15, 0.2) is 18.3 Å². The van der Waals surface area contributed by atoms with Gasteiger partial charge in [-0.25, -0.2) is 4.98 Å². The summed E-state index contributed by atoms with van der Waals surface area (Å²) >= 11 is 1.69. The van der Waals surface area contributed by atoms with E-state index in [0.717, 1.165) is 12.0 Å². The summed E-state index contributed by atoms with van der Waals surface area (Å²) in [5, 5.41) is 2.90. The summed E-state index contributed by atoms with van der Waals surface area (Å²) in [6.07, 6.45) is 2.99. The lowest BCUT2D eigenvalue weighted by atomic mass is 10.2. The van der Waals surface area contributed by atoms with Gasteiger partial charge >= 0.3 is 0 Å². The molecule has 2 saturated heterocycles. The Kier molecular flexibility index (Phi) is 3.99. The van der Waals surface area contributed by atoms with Gasteiger partial charge in [-0.1, -0.05) is 6.07 Å². The Morgan fingerprint density at radius 1 is 1.64 bits per heavy atom. The van der Waals surface area contributed by atoms with Crippen LogP contribution in [-0.4, -0.2) is 45.5 Å². The topological polar surface area (TPSA) is 71.5 Å². The second-order valence-corrected chi connectivity index (χ2v) is 7.16. The summed E-state index contributed by atoms with van der Waals surface area (Å²) in [6.45, 7) is 2.38. The molecule has 2 aliphatic rings. The molecule has 1 aromatic heterocycles. The first-order chi connectivity index (χ1) is 10.5. The number of ether oxygens (including phenoxy) is 1. The van der Waals surface area contributed by atoms with Gasteiger partial charge in [0.15, 0.2) is 0 Å². The van der Waals surface area contributed by atoms with Crippen LogP contribution in [0, 0.1) is 0 Å². The van der Waals surface area contributed by atoms with Gasteiger partial charge in [0.1, 0.15) is 6.04 Å². The molecule has 22 heavy (non-hydrogen) atoms. The van der Waals surface area contributed by atoms with E-state index >= 15 is 0 Å². The van der Waals surface area contributed by atoms with Crippen molar-refractivity contribution >= 4 is 23.6 Å². The third kappa shape index (κ3) is 2.54. The highest BCUT2D eigenvalue weighted by Gasteiger charge is 2.52. The lowest BCUT2D eigenvalue weighted by Gasteiger charge is -2.29. The van der Waals surface area contributed by atoms with Crippen LogP contribution in [0.25, 0.3) is 0 Å². The molecule has 0 aliphatic carbocycles. The second kappa shape index (κ2) is 5.79. The number of amides is 2. The number of nitrogens with one attached hydrogen (secondary N) is 1. The average molecular weight is 321 g/mol. The summed E-state index contributed by atoms with van der Waals surface area (Å²) in [5.74, 6) is 1.12. The normalized spacial score (nSPS) is 26.9. The van der Waals surface area contributed by atoms with E-state index in [1.165, 1.54) is 0 Å². The molecule has 2 aliphatic heterocycles. The van der Waals surface area contributed by atoms with Crippen LogP contribution < -0.4 is 10.1 Å². The Bertz CT molecular complexity index is 609. The average Bonchev–Trinajstić information content (AvgIpc) is 3.02. The number of hydrogen-bond acceptors (Lipinski definition) is 5. The van der Waals surface area contributed by atoms with Crippen molar-refractivity contribution < 1.29 is 14.3 Å². The van der Waals surface area contributed by atoms with Crippen molar-refractivity contribution in [2.24, 2.45) is 0 Å². The monoisotopic (exact) mass is 321 g/mol. The highest BCUT2D eigenvalue weighted by atomic mass is 32.2. The summed E-state index contributed by atoms with van der Waals surface area (Å²) < 4.78 is 5.17. The second-order valence-electron chi connectivity index (χ2n) is 5.66. The lowest BCUT2D eigenvalue weighted by molar-refractivity contribution is -0.138. The van der Waals surface area contributed by atoms with E-state index < -0.39 is 0 Å². The number of fused-ring (bicyclic) bond motifs is 1. The van der Waals surface area contributed by atoms with Gasteiger partial charge in [0, 0.05) is 30.5 Å². The molecule has 0 unspecified atom stereocenters. The number of pyridine rings is 1. The predicted molar refractivity (Wildman–Crippen MR) is 83.4 cm³/mol. The maximum absolute atomic E-state index is 12.5. The predicted octanol–water partition coefficient (Wildman–Crippen LogP) is 1.16. The van der Waals surface area contributed by atoms with Gasteiger partial charge in [0.05, 0.1) is 12.0 Å². The zero-order chi connectivity index (χ0) is 15.7. The molecular weight excluding hydrogens is 302 g/mol. The maximum Gasteiger partial charge on any atom is 0.243 e. The SMILES string of the molecule is COc1ncccc1CNC(=O)[C@@H]1CS[C@]2(C)CCC(=O)N12. The highest BCUT2D eigenvalue weighted by molar-refractivity contribution is 8.01. The Morgan fingerprint density at radius 2 is 2.45 bits per heavy atom. The molecule has 2 atom stereocenters. The van der Waals surface area contributed by atoms with Gasteiger partial charge in [-0.15, -0.1) is 11.8 Å². The van der Waals surface area contributed by atoms with Crippen LogP contribution in [0.5, 0.6) is 5.88 Å². The summed E-state index contributed by atoms with van der Waals surface area (Å²) in [5.41, 5.74) is 0.819. The van der Waals surface area contributed by atoms with Crippen molar-refractivity contribution in [3.63, 3.8) is 0 Å². The fourth-order valence-corrected chi connectivity index (χ4v) is 4.49. The summed E-state index contributed by atoms with van der Waals surface area (Å²) in [6, 6.07) is 3.28. The first-order valence-corrected chi connectivity index (χ1v) is 8.25. The first kappa shape index (κ1) is 15.1. The number of thioether (sulfide) groups is 1. The van der Waals surface area contributed by atoms with E-state index in [4.69, 9.17) is 4.74 Å². The first-order valence-electron chi connectivity index (χ1n) is 7.27.